The summed E-state index contributed by atoms with van der Waals surface area (Å²) >= 11 is 3.17. The third-order valence-electron chi connectivity index (χ3n) is 4.83. The van der Waals surface area contributed by atoms with Gasteiger partial charge in [-0.3, -0.25) is 4.79 Å². The number of benzene rings is 1. The Balaban J connectivity index is 1.77. The molecule has 1 aromatic carbocycles. The Morgan fingerprint density at radius 3 is 2.70 bits per heavy atom. The van der Waals surface area contributed by atoms with Gasteiger partial charge in [-0.25, -0.2) is 9.97 Å². The van der Waals surface area contributed by atoms with Crippen molar-refractivity contribution < 1.29 is 4.79 Å². The lowest BCUT2D eigenvalue weighted by molar-refractivity contribution is -0.113. The van der Waals surface area contributed by atoms with Crippen LogP contribution in [0.3, 0.4) is 0 Å². The molecule has 27 heavy (non-hydrogen) atoms. The second kappa shape index (κ2) is 8.40. The summed E-state index contributed by atoms with van der Waals surface area (Å²) in [5.74, 6) is 1.47. The van der Waals surface area contributed by atoms with Crippen LogP contribution >= 0.6 is 23.1 Å². The maximum atomic E-state index is 12.6. The molecule has 1 N–H and O–H groups in total. The van der Waals surface area contributed by atoms with E-state index in [9.17, 15) is 4.79 Å². The van der Waals surface area contributed by atoms with Crippen molar-refractivity contribution in [3.8, 4) is 0 Å². The fraction of sp³-hybridized carbons (Fsp3) is 0.381. The van der Waals surface area contributed by atoms with Gasteiger partial charge >= 0.3 is 0 Å². The molecule has 1 atom stereocenters. The van der Waals surface area contributed by atoms with E-state index >= 15 is 0 Å². The van der Waals surface area contributed by atoms with Crippen LogP contribution in [0.15, 0.2) is 29.3 Å². The summed E-state index contributed by atoms with van der Waals surface area (Å²) in [5, 5.41) is 5.06. The third-order valence-corrected chi connectivity index (χ3v) is 6.90. The van der Waals surface area contributed by atoms with Crippen molar-refractivity contribution in [3.63, 3.8) is 0 Å². The molecule has 1 amide bonds. The number of fused-ring (bicyclic) bond motifs is 1. The number of thioether (sulfide) groups is 1. The standard InChI is InChI=1S/C21H25N3OS2/c1-6-12(2)16-9-7-8-10-17(16)24-18(25)11-26-20-19-13(3)14(4)27-21(19)23-15(5)22-20/h7-10,12H,6,11H2,1-5H3,(H,24,25)/t12-/m1/s1. The van der Waals surface area contributed by atoms with E-state index in [-0.39, 0.29) is 5.91 Å². The van der Waals surface area contributed by atoms with Gasteiger partial charge in [0.2, 0.25) is 5.91 Å². The van der Waals surface area contributed by atoms with Crippen molar-refractivity contribution in [2.45, 2.75) is 52.0 Å². The minimum atomic E-state index is -0.00947. The highest BCUT2D eigenvalue weighted by Crippen LogP contribution is 2.35. The first kappa shape index (κ1) is 19.8. The molecule has 6 heteroatoms. The van der Waals surface area contributed by atoms with Crippen molar-refractivity contribution >= 4 is 44.9 Å². The van der Waals surface area contributed by atoms with Crippen molar-refractivity contribution in [1.29, 1.82) is 0 Å². The molecule has 0 fully saturated rings. The second-order valence-electron chi connectivity index (χ2n) is 6.77. The summed E-state index contributed by atoms with van der Waals surface area (Å²) in [5.41, 5.74) is 3.30. The van der Waals surface area contributed by atoms with Crippen LogP contribution in [-0.4, -0.2) is 21.6 Å². The van der Waals surface area contributed by atoms with E-state index in [1.54, 1.807) is 11.3 Å². The lowest BCUT2D eigenvalue weighted by atomic mass is 9.97. The van der Waals surface area contributed by atoms with Crippen LogP contribution in [0.5, 0.6) is 0 Å². The minimum absolute atomic E-state index is 0.00947. The molecule has 0 bridgehead atoms. The van der Waals surface area contributed by atoms with Crippen LogP contribution in [0.1, 0.15) is 48.0 Å². The topological polar surface area (TPSA) is 54.9 Å². The van der Waals surface area contributed by atoms with Gasteiger partial charge in [0.25, 0.3) is 0 Å². The number of para-hydroxylation sites is 1. The first-order valence-corrected chi connectivity index (χ1v) is 11.0. The Hall–Kier alpha value is -1.92. The first-order valence-electron chi connectivity index (χ1n) is 9.16. The fourth-order valence-electron chi connectivity index (χ4n) is 3.00. The Kier molecular flexibility index (Phi) is 6.17. The van der Waals surface area contributed by atoms with E-state index in [0.29, 0.717) is 11.7 Å². The number of nitrogens with one attached hydrogen (secondary N) is 1. The quantitative estimate of drug-likeness (QED) is 0.416. The number of hydrogen-bond acceptors (Lipinski definition) is 5. The van der Waals surface area contributed by atoms with Gasteiger partial charge in [-0.05, 0) is 50.3 Å². The number of amides is 1. The van der Waals surface area contributed by atoms with E-state index in [1.807, 2.05) is 25.1 Å². The first-order chi connectivity index (χ1) is 12.9. The zero-order valence-electron chi connectivity index (χ0n) is 16.4. The normalized spacial score (nSPS) is 12.3. The molecule has 142 valence electrons. The van der Waals surface area contributed by atoms with Crippen molar-refractivity contribution in [1.82, 2.24) is 9.97 Å². The van der Waals surface area contributed by atoms with Gasteiger partial charge in [0.1, 0.15) is 15.7 Å². The van der Waals surface area contributed by atoms with Crippen molar-refractivity contribution in [2.24, 2.45) is 0 Å². The Morgan fingerprint density at radius 2 is 1.96 bits per heavy atom. The fourth-order valence-corrected chi connectivity index (χ4v) is 5.07. The van der Waals surface area contributed by atoms with Crippen LogP contribution in [0.4, 0.5) is 5.69 Å². The highest BCUT2D eigenvalue weighted by Gasteiger charge is 2.16. The number of aromatic nitrogens is 2. The van der Waals surface area contributed by atoms with Gasteiger partial charge < -0.3 is 5.32 Å². The zero-order valence-corrected chi connectivity index (χ0v) is 18.1. The maximum Gasteiger partial charge on any atom is 0.234 e. The Labute approximate surface area is 168 Å². The van der Waals surface area contributed by atoms with Crippen LogP contribution in [0.25, 0.3) is 10.2 Å². The van der Waals surface area contributed by atoms with Gasteiger partial charge in [0.05, 0.1) is 5.75 Å². The molecule has 2 heterocycles. The number of anilines is 1. The highest BCUT2D eigenvalue weighted by atomic mass is 32.2. The SMILES string of the molecule is CC[C@@H](C)c1ccccc1NC(=O)CSc1nc(C)nc2sc(C)c(C)c12. The predicted molar refractivity (Wildman–Crippen MR) is 116 cm³/mol. The van der Waals surface area contributed by atoms with E-state index < -0.39 is 0 Å². The summed E-state index contributed by atoms with van der Waals surface area (Å²) in [4.78, 5) is 24.0. The number of thiophene rings is 1. The van der Waals surface area contributed by atoms with Gasteiger partial charge in [0.15, 0.2) is 0 Å². The van der Waals surface area contributed by atoms with Crippen LogP contribution in [0.2, 0.25) is 0 Å². The van der Waals surface area contributed by atoms with E-state index in [0.717, 1.165) is 33.2 Å². The summed E-state index contributed by atoms with van der Waals surface area (Å²) in [7, 11) is 0. The molecule has 0 aliphatic carbocycles. The lowest BCUT2D eigenvalue weighted by Crippen LogP contribution is -2.16. The second-order valence-corrected chi connectivity index (χ2v) is 8.94. The number of carbonyl (C=O) groups is 1. The molecule has 0 saturated heterocycles. The van der Waals surface area contributed by atoms with E-state index in [4.69, 9.17) is 0 Å². The summed E-state index contributed by atoms with van der Waals surface area (Å²) in [6, 6.07) is 8.05. The van der Waals surface area contributed by atoms with Crippen molar-refractivity contribution in [2.75, 3.05) is 11.1 Å². The largest absolute Gasteiger partial charge is 0.325 e. The van der Waals surface area contributed by atoms with Gasteiger partial charge in [-0.2, -0.15) is 0 Å². The monoisotopic (exact) mass is 399 g/mol. The average Bonchev–Trinajstić information content (AvgIpc) is 2.93. The van der Waals surface area contributed by atoms with Crippen LogP contribution in [0, 0.1) is 20.8 Å². The van der Waals surface area contributed by atoms with E-state index in [2.05, 4.69) is 49.0 Å². The molecule has 0 saturated carbocycles. The molecule has 0 radical (unpaired) electrons. The van der Waals surface area contributed by atoms with Gasteiger partial charge in [-0.1, -0.05) is 43.8 Å². The predicted octanol–water partition coefficient (Wildman–Crippen LogP) is 5.86. The van der Waals surface area contributed by atoms with Crippen molar-refractivity contribution in [3.05, 3.63) is 46.1 Å². The minimum Gasteiger partial charge on any atom is -0.325 e. The number of carbonyl (C=O) groups excluding carboxylic acids is 1. The molecule has 4 nitrogen and oxygen atoms in total. The molecular formula is C21H25N3OS2. The number of aryl methyl sites for hydroxylation is 3. The third kappa shape index (κ3) is 4.33. The molecule has 3 rings (SSSR count). The summed E-state index contributed by atoms with van der Waals surface area (Å²) in [6.07, 6.45) is 1.04. The number of hydrogen-bond donors (Lipinski definition) is 1. The van der Waals surface area contributed by atoms with Gasteiger partial charge in [0, 0.05) is 16.0 Å². The maximum absolute atomic E-state index is 12.6. The van der Waals surface area contributed by atoms with Gasteiger partial charge in [-0.15, -0.1) is 11.3 Å². The Bertz CT molecular complexity index is 981. The molecular weight excluding hydrogens is 374 g/mol. The lowest BCUT2D eigenvalue weighted by Gasteiger charge is -2.15. The highest BCUT2D eigenvalue weighted by molar-refractivity contribution is 8.00. The van der Waals surface area contributed by atoms with Crippen LogP contribution < -0.4 is 5.32 Å². The zero-order chi connectivity index (χ0) is 19.6. The number of rotatable bonds is 6. The molecule has 0 unspecified atom stereocenters. The molecule has 0 spiro atoms. The number of nitrogens with zero attached hydrogens (tertiary/aromatic N) is 2. The molecule has 3 aromatic rings. The Morgan fingerprint density at radius 1 is 1.22 bits per heavy atom. The molecule has 0 aliphatic heterocycles. The molecule has 0 aliphatic rings. The van der Waals surface area contributed by atoms with E-state index in [1.165, 1.54) is 27.8 Å². The molecule has 2 aromatic heterocycles. The summed E-state index contributed by atoms with van der Waals surface area (Å²) in [6.45, 7) is 10.4. The average molecular weight is 400 g/mol. The smallest absolute Gasteiger partial charge is 0.234 e. The van der Waals surface area contributed by atoms with Crippen LogP contribution in [-0.2, 0) is 4.79 Å². The summed E-state index contributed by atoms with van der Waals surface area (Å²) < 4.78 is 0.